The van der Waals surface area contributed by atoms with Gasteiger partial charge in [0.15, 0.2) is 0 Å². The number of carbonyl (C=O) groups excluding carboxylic acids is 2. The van der Waals surface area contributed by atoms with Crippen LogP contribution in [0.2, 0.25) is 0 Å². The minimum Gasteiger partial charge on any atom is -0.372 e. The first-order chi connectivity index (χ1) is 11.8. The molecule has 1 fully saturated rings. The Morgan fingerprint density at radius 3 is 2.24 bits per heavy atom. The number of hydrogen-bond acceptors (Lipinski definition) is 4. The average Bonchev–Trinajstić information content (AvgIpc) is 2.56. The number of carbonyl (C=O) groups is 2. The molecule has 0 aromatic heterocycles. The summed E-state index contributed by atoms with van der Waals surface area (Å²) in [6.07, 6.45) is 2.47. The maximum Gasteiger partial charge on any atom is 0.238 e. The summed E-state index contributed by atoms with van der Waals surface area (Å²) in [4.78, 5) is 29.4. The molecule has 1 heterocycles. The van der Waals surface area contributed by atoms with E-state index in [-0.39, 0.29) is 24.9 Å². The van der Waals surface area contributed by atoms with E-state index in [4.69, 9.17) is 0 Å². The molecule has 25 heavy (non-hydrogen) atoms. The number of rotatable bonds is 6. The Morgan fingerprint density at radius 1 is 1.08 bits per heavy atom. The van der Waals surface area contributed by atoms with Crippen LogP contribution in [0.1, 0.15) is 19.8 Å². The highest BCUT2D eigenvalue weighted by molar-refractivity contribution is 5.92. The van der Waals surface area contributed by atoms with Crippen molar-refractivity contribution in [3.05, 3.63) is 24.3 Å². The molecule has 1 saturated heterocycles. The average molecular weight is 346 g/mol. The third kappa shape index (κ3) is 6.05. The van der Waals surface area contributed by atoms with Crippen molar-refractivity contribution >= 4 is 23.2 Å². The first-order valence-electron chi connectivity index (χ1n) is 8.88. The smallest absolute Gasteiger partial charge is 0.238 e. The predicted molar refractivity (Wildman–Crippen MR) is 102 cm³/mol. The van der Waals surface area contributed by atoms with Gasteiger partial charge in [0.2, 0.25) is 11.8 Å². The van der Waals surface area contributed by atoms with Gasteiger partial charge in [-0.2, -0.15) is 0 Å². The quantitative estimate of drug-likeness (QED) is 0.854. The minimum atomic E-state index is -0.117. The molecule has 0 radical (unpaired) electrons. The van der Waals surface area contributed by atoms with Crippen molar-refractivity contribution < 1.29 is 9.59 Å². The third-order valence-corrected chi connectivity index (χ3v) is 4.62. The molecular weight excluding hydrogens is 316 g/mol. The van der Waals surface area contributed by atoms with E-state index >= 15 is 0 Å². The summed E-state index contributed by atoms with van der Waals surface area (Å²) < 4.78 is 0. The van der Waals surface area contributed by atoms with E-state index in [2.05, 4.69) is 29.3 Å². The van der Waals surface area contributed by atoms with E-state index in [0.717, 1.165) is 24.7 Å². The Kier molecular flexibility index (Phi) is 6.82. The summed E-state index contributed by atoms with van der Waals surface area (Å²) in [6, 6.07) is 8.00. The summed E-state index contributed by atoms with van der Waals surface area (Å²) in [5, 5.41) is 2.89. The Bertz CT molecular complexity index is 578. The largest absolute Gasteiger partial charge is 0.372 e. The SMILES string of the molecule is CC1CCN(c2ccc(NC(=O)CN(C)CC(=O)N(C)C)cc2)CC1. The van der Waals surface area contributed by atoms with Crippen molar-refractivity contribution in [1.82, 2.24) is 9.80 Å². The predicted octanol–water partition coefficient (Wildman–Crippen LogP) is 1.88. The fourth-order valence-electron chi connectivity index (χ4n) is 2.90. The van der Waals surface area contributed by atoms with Crippen LogP contribution in [0.25, 0.3) is 0 Å². The maximum absolute atomic E-state index is 12.1. The maximum atomic E-state index is 12.1. The molecule has 2 rings (SSSR count). The fraction of sp³-hybridized carbons (Fsp3) is 0.579. The Balaban J connectivity index is 1.82. The standard InChI is InChI=1S/C19H30N4O2/c1-15-9-11-23(12-10-15)17-7-5-16(6-8-17)20-18(24)13-22(4)14-19(25)21(2)3/h5-8,15H,9-14H2,1-4H3,(H,20,24). The molecule has 1 N–H and O–H groups in total. The Labute approximate surface area is 150 Å². The van der Waals surface area contributed by atoms with Gasteiger partial charge in [-0.15, -0.1) is 0 Å². The van der Waals surface area contributed by atoms with E-state index < -0.39 is 0 Å². The van der Waals surface area contributed by atoms with Crippen LogP contribution in [0, 0.1) is 5.92 Å². The molecule has 0 bridgehead atoms. The first kappa shape index (κ1) is 19.2. The van der Waals surface area contributed by atoms with Crippen LogP contribution < -0.4 is 10.2 Å². The lowest BCUT2D eigenvalue weighted by atomic mass is 9.99. The van der Waals surface area contributed by atoms with Gasteiger partial charge in [-0.1, -0.05) is 6.92 Å². The van der Waals surface area contributed by atoms with Gasteiger partial charge in [-0.3, -0.25) is 14.5 Å². The van der Waals surface area contributed by atoms with Gasteiger partial charge in [0, 0.05) is 38.6 Å². The van der Waals surface area contributed by atoms with E-state index in [1.165, 1.54) is 23.4 Å². The van der Waals surface area contributed by atoms with Gasteiger partial charge in [0.1, 0.15) is 0 Å². The van der Waals surface area contributed by atoms with Gasteiger partial charge in [0.25, 0.3) is 0 Å². The summed E-state index contributed by atoms with van der Waals surface area (Å²) in [6.45, 7) is 4.91. The summed E-state index contributed by atoms with van der Waals surface area (Å²) in [5.41, 5.74) is 1.99. The lowest BCUT2D eigenvalue weighted by molar-refractivity contribution is -0.130. The molecular formula is C19H30N4O2. The second-order valence-electron chi connectivity index (χ2n) is 7.23. The van der Waals surface area contributed by atoms with Crippen LogP contribution in [0.4, 0.5) is 11.4 Å². The van der Waals surface area contributed by atoms with Gasteiger partial charge >= 0.3 is 0 Å². The summed E-state index contributed by atoms with van der Waals surface area (Å²) >= 11 is 0. The highest BCUT2D eigenvalue weighted by Crippen LogP contribution is 2.24. The second kappa shape index (κ2) is 8.85. The number of amides is 2. The Hall–Kier alpha value is -2.08. The number of likely N-dealkylation sites (N-methyl/N-ethyl adjacent to an activating group) is 2. The van der Waals surface area contributed by atoms with Crippen molar-refractivity contribution in [3.63, 3.8) is 0 Å². The number of benzene rings is 1. The molecule has 1 aliphatic heterocycles. The Morgan fingerprint density at radius 2 is 1.68 bits per heavy atom. The van der Waals surface area contributed by atoms with E-state index in [9.17, 15) is 9.59 Å². The molecule has 1 aromatic carbocycles. The number of hydrogen-bond donors (Lipinski definition) is 1. The van der Waals surface area contributed by atoms with Crippen molar-refractivity contribution in [2.75, 3.05) is 57.5 Å². The molecule has 1 aromatic rings. The van der Waals surface area contributed by atoms with Crippen LogP contribution in [0.5, 0.6) is 0 Å². The highest BCUT2D eigenvalue weighted by atomic mass is 16.2. The van der Waals surface area contributed by atoms with Crippen LogP contribution in [0.3, 0.4) is 0 Å². The zero-order chi connectivity index (χ0) is 18.4. The summed E-state index contributed by atoms with van der Waals surface area (Å²) in [5.74, 6) is 0.676. The zero-order valence-electron chi connectivity index (χ0n) is 15.8. The molecule has 6 heteroatoms. The third-order valence-electron chi connectivity index (χ3n) is 4.62. The number of nitrogens with zero attached hydrogens (tertiary/aromatic N) is 3. The van der Waals surface area contributed by atoms with Crippen LogP contribution in [0.15, 0.2) is 24.3 Å². The van der Waals surface area contributed by atoms with Gasteiger partial charge in [-0.05, 0) is 50.1 Å². The van der Waals surface area contributed by atoms with E-state index in [1.54, 1.807) is 26.0 Å². The van der Waals surface area contributed by atoms with Crippen LogP contribution in [-0.2, 0) is 9.59 Å². The topological polar surface area (TPSA) is 55.9 Å². The van der Waals surface area contributed by atoms with Gasteiger partial charge in [0.05, 0.1) is 13.1 Å². The molecule has 2 amide bonds. The molecule has 0 aliphatic carbocycles. The number of anilines is 2. The highest BCUT2D eigenvalue weighted by Gasteiger charge is 2.16. The second-order valence-corrected chi connectivity index (χ2v) is 7.23. The molecule has 138 valence electrons. The summed E-state index contributed by atoms with van der Waals surface area (Å²) in [7, 11) is 5.18. The first-order valence-corrected chi connectivity index (χ1v) is 8.88. The number of piperidine rings is 1. The molecule has 0 saturated carbocycles. The van der Waals surface area contributed by atoms with E-state index in [1.807, 2.05) is 12.1 Å². The fourth-order valence-corrected chi connectivity index (χ4v) is 2.90. The van der Waals surface area contributed by atoms with Crippen molar-refractivity contribution in [1.29, 1.82) is 0 Å². The molecule has 0 spiro atoms. The lowest BCUT2D eigenvalue weighted by Crippen LogP contribution is -2.38. The van der Waals surface area contributed by atoms with Crippen molar-refractivity contribution in [2.45, 2.75) is 19.8 Å². The van der Waals surface area contributed by atoms with Crippen LogP contribution in [-0.4, -0.2) is 68.9 Å². The number of nitrogens with one attached hydrogen (secondary N) is 1. The van der Waals surface area contributed by atoms with Crippen molar-refractivity contribution in [2.24, 2.45) is 5.92 Å². The molecule has 0 unspecified atom stereocenters. The van der Waals surface area contributed by atoms with Gasteiger partial charge in [-0.25, -0.2) is 0 Å². The monoisotopic (exact) mass is 346 g/mol. The molecule has 6 nitrogen and oxygen atoms in total. The molecule has 1 aliphatic rings. The normalized spacial score (nSPS) is 15.3. The van der Waals surface area contributed by atoms with Gasteiger partial charge < -0.3 is 15.1 Å². The zero-order valence-corrected chi connectivity index (χ0v) is 15.8. The minimum absolute atomic E-state index is 0.0181. The molecule has 0 atom stereocenters. The van der Waals surface area contributed by atoms with Crippen LogP contribution >= 0.6 is 0 Å². The van der Waals surface area contributed by atoms with E-state index in [0.29, 0.717) is 0 Å². The lowest BCUT2D eigenvalue weighted by Gasteiger charge is -2.32. The van der Waals surface area contributed by atoms with Crippen molar-refractivity contribution in [3.8, 4) is 0 Å².